The SMILES string of the molecule is CC(C)(C)OC(=O)N[C@@H](CCCCNC(=O)OCc1ccccc1)C(=O)N1CCC[C@H]1C(=O)N[C@@H](CCCN=C(N)N)C(=O)O. The van der Waals surface area contributed by atoms with Crippen LogP contribution in [0.4, 0.5) is 9.59 Å². The molecule has 3 atom stereocenters. The third-order valence-corrected chi connectivity index (χ3v) is 6.79. The number of carbonyl (C=O) groups excluding carboxylic acids is 4. The zero-order valence-corrected chi connectivity index (χ0v) is 26.3. The summed E-state index contributed by atoms with van der Waals surface area (Å²) >= 11 is 0. The van der Waals surface area contributed by atoms with E-state index < -0.39 is 53.7 Å². The number of aliphatic carboxylic acids is 1. The summed E-state index contributed by atoms with van der Waals surface area (Å²) in [5.41, 5.74) is 10.6. The maximum atomic E-state index is 13.7. The van der Waals surface area contributed by atoms with Gasteiger partial charge in [0.25, 0.3) is 0 Å². The zero-order valence-electron chi connectivity index (χ0n) is 26.3. The lowest BCUT2D eigenvalue weighted by atomic mass is 10.1. The Labute approximate surface area is 263 Å². The number of benzene rings is 1. The first-order valence-electron chi connectivity index (χ1n) is 15.1. The fourth-order valence-corrected chi connectivity index (χ4v) is 4.68. The summed E-state index contributed by atoms with van der Waals surface area (Å²) in [4.78, 5) is 68.4. The highest BCUT2D eigenvalue weighted by atomic mass is 16.6. The van der Waals surface area contributed by atoms with Gasteiger partial charge in [-0.05, 0) is 71.3 Å². The molecule has 0 bridgehead atoms. The van der Waals surface area contributed by atoms with E-state index in [2.05, 4.69) is 20.9 Å². The second-order valence-corrected chi connectivity index (χ2v) is 11.7. The monoisotopic (exact) mass is 633 g/mol. The number of carboxylic acid groups (broad SMARTS) is 1. The van der Waals surface area contributed by atoms with Crippen molar-refractivity contribution < 1.29 is 38.6 Å². The highest BCUT2D eigenvalue weighted by Crippen LogP contribution is 2.21. The molecule has 1 aromatic carbocycles. The molecule has 15 heteroatoms. The highest BCUT2D eigenvalue weighted by Gasteiger charge is 2.39. The molecule has 1 aromatic rings. The summed E-state index contributed by atoms with van der Waals surface area (Å²) < 4.78 is 10.6. The fourth-order valence-electron chi connectivity index (χ4n) is 4.68. The number of rotatable bonds is 16. The van der Waals surface area contributed by atoms with Gasteiger partial charge in [0.15, 0.2) is 5.96 Å². The number of nitrogens with two attached hydrogens (primary N) is 2. The average molecular weight is 634 g/mol. The van der Waals surface area contributed by atoms with Crippen molar-refractivity contribution in [2.24, 2.45) is 16.5 Å². The minimum atomic E-state index is -1.22. The highest BCUT2D eigenvalue weighted by molar-refractivity contribution is 5.93. The lowest BCUT2D eigenvalue weighted by Gasteiger charge is -2.30. The molecular weight excluding hydrogens is 586 g/mol. The van der Waals surface area contributed by atoms with Crippen molar-refractivity contribution in [1.82, 2.24) is 20.9 Å². The summed E-state index contributed by atoms with van der Waals surface area (Å²) in [7, 11) is 0. The third-order valence-electron chi connectivity index (χ3n) is 6.79. The number of alkyl carbamates (subject to hydrolysis) is 2. The second-order valence-electron chi connectivity index (χ2n) is 11.7. The van der Waals surface area contributed by atoms with E-state index in [9.17, 15) is 29.1 Å². The van der Waals surface area contributed by atoms with Gasteiger partial charge in [0.1, 0.15) is 30.3 Å². The molecule has 1 aliphatic rings. The summed E-state index contributed by atoms with van der Waals surface area (Å²) in [5.74, 6) is -2.40. The number of aliphatic imine (C=N–C) groups is 1. The standard InChI is InChI=1S/C30H47N7O8/c1-30(2,3)45-29(43)36-21(13-7-8-16-34-28(42)44-19-20-11-5-4-6-12-20)25(39)37-18-10-15-23(37)24(38)35-22(26(40)41)14-9-17-33-27(31)32/h4-6,11-12,21-23H,7-10,13-19H2,1-3H3,(H,34,42)(H,35,38)(H,36,43)(H,40,41)(H4,31,32,33)/t21-,22-,23-/m0/s1. The van der Waals surface area contributed by atoms with Crippen molar-refractivity contribution in [2.75, 3.05) is 19.6 Å². The lowest BCUT2D eigenvalue weighted by Crippen LogP contribution is -2.55. The van der Waals surface area contributed by atoms with Gasteiger partial charge in [-0.1, -0.05) is 30.3 Å². The number of nitrogens with zero attached hydrogens (tertiary/aromatic N) is 2. The first-order valence-corrected chi connectivity index (χ1v) is 15.1. The van der Waals surface area contributed by atoms with Gasteiger partial charge in [-0.3, -0.25) is 14.6 Å². The molecule has 8 N–H and O–H groups in total. The Balaban J connectivity index is 1.97. The van der Waals surface area contributed by atoms with Gasteiger partial charge in [-0.15, -0.1) is 0 Å². The summed E-state index contributed by atoms with van der Waals surface area (Å²) in [6.45, 7) is 5.99. The van der Waals surface area contributed by atoms with E-state index in [0.29, 0.717) is 32.1 Å². The van der Waals surface area contributed by atoms with Crippen LogP contribution in [0.2, 0.25) is 0 Å². The van der Waals surface area contributed by atoms with Crippen LogP contribution in [0.3, 0.4) is 0 Å². The van der Waals surface area contributed by atoms with Gasteiger partial charge < -0.3 is 46.9 Å². The van der Waals surface area contributed by atoms with Gasteiger partial charge in [0.05, 0.1) is 0 Å². The number of unbranched alkanes of at least 4 members (excludes halogenated alkanes) is 1. The molecular formula is C30H47N7O8. The Bertz CT molecular complexity index is 1170. The van der Waals surface area contributed by atoms with Gasteiger partial charge in [0.2, 0.25) is 11.8 Å². The number of hydrogen-bond donors (Lipinski definition) is 6. The Morgan fingerprint density at radius 3 is 2.33 bits per heavy atom. The number of amides is 4. The Morgan fingerprint density at radius 1 is 1.00 bits per heavy atom. The minimum absolute atomic E-state index is 0.0924. The van der Waals surface area contributed by atoms with Crippen molar-refractivity contribution in [3.8, 4) is 0 Å². The summed E-state index contributed by atoms with van der Waals surface area (Å²) in [6.07, 6.45) is 1.09. The van der Waals surface area contributed by atoms with E-state index in [1.54, 1.807) is 20.8 Å². The average Bonchev–Trinajstić information content (AvgIpc) is 3.46. The van der Waals surface area contributed by atoms with Gasteiger partial charge in [-0.25, -0.2) is 14.4 Å². The molecule has 1 aliphatic heterocycles. The molecule has 0 spiro atoms. The van der Waals surface area contributed by atoms with E-state index in [0.717, 1.165) is 5.56 Å². The van der Waals surface area contributed by atoms with E-state index in [1.165, 1.54) is 4.90 Å². The van der Waals surface area contributed by atoms with Crippen molar-refractivity contribution in [3.63, 3.8) is 0 Å². The van der Waals surface area contributed by atoms with Crippen LogP contribution in [0.1, 0.15) is 71.3 Å². The van der Waals surface area contributed by atoms with Crippen LogP contribution in [-0.4, -0.2) is 89.3 Å². The number of carboxylic acids is 1. The largest absolute Gasteiger partial charge is 0.480 e. The van der Waals surface area contributed by atoms with Crippen molar-refractivity contribution in [1.29, 1.82) is 0 Å². The van der Waals surface area contributed by atoms with Gasteiger partial charge >= 0.3 is 18.2 Å². The molecule has 0 unspecified atom stereocenters. The Kier molecular flexibility index (Phi) is 14.9. The van der Waals surface area contributed by atoms with Gasteiger partial charge in [0, 0.05) is 19.6 Å². The lowest BCUT2D eigenvalue weighted by molar-refractivity contribution is -0.144. The molecule has 250 valence electrons. The number of likely N-dealkylation sites (tertiary alicyclic amines) is 1. The van der Waals surface area contributed by atoms with Gasteiger partial charge in [-0.2, -0.15) is 0 Å². The number of nitrogens with one attached hydrogen (secondary N) is 3. The smallest absolute Gasteiger partial charge is 0.408 e. The molecule has 1 saturated heterocycles. The quantitative estimate of drug-likeness (QED) is 0.0875. The fraction of sp³-hybridized carbons (Fsp3) is 0.600. The van der Waals surface area contributed by atoms with E-state index in [4.69, 9.17) is 20.9 Å². The number of hydrogen-bond acceptors (Lipinski definition) is 8. The molecule has 0 aromatic heterocycles. The van der Waals surface area contributed by atoms with Crippen LogP contribution in [0.5, 0.6) is 0 Å². The normalized spacial score (nSPS) is 15.7. The van der Waals surface area contributed by atoms with Crippen LogP contribution >= 0.6 is 0 Å². The van der Waals surface area contributed by atoms with E-state index >= 15 is 0 Å². The van der Waals surface area contributed by atoms with Crippen molar-refractivity contribution >= 4 is 35.9 Å². The third kappa shape index (κ3) is 14.2. The predicted molar refractivity (Wildman–Crippen MR) is 166 cm³/mol. The molecule has 1 fully saturated rings. The van der Waals surface area contributed by atoms with Crippen molar-refractivity contribution in [3.05, 3.63) is 35.9 Å². The number of carbonyl (C=O) groups is 5. The molecule has 0 radical (unpaired) electrons. The maximum absolute atomic E-state index is 13.7. The zero-order chi connectivity index (χ0) is 33.4. The first kappa shape index (κ1) is 36.6. The number of guanidine groups is 1. The minimum Gasteiger partial charge on any atom is -0.480 e. The molecule has 45 heavy (non-hydrogen) atoms. The van der Waals surface area contributed by atoms with E-state index in [1.807, 2.05) is 30.3 Å². The van der Waals surface area contributed by atoms with Crippen molar-refractivity contribution in [2.45, 2.75) is 96.1 Å². The summed E-state index contributed by atoms with van der Waals surface area (Å²) in [6, 6.07) is 6.16. The first-order chi connectivity index (χ1) is 21.3. The maximum Gasteiger partial charge on any atom is 0.408 e. The second kappa shape index (κ2) is 18.3. The molecule has 1 heterocycles. The van der Waals surface area contributed by atoms with Crippen LogP contribution in [0.25, 0.3) is 0 Å². The molecule has 4 amide bonds. The Hall–Kier alpha value is -4.56. The number of ether oxygens (including phenoxy) is 2. The van der Waals surface area contributed by atoms with Crippen LogP contribution in [0.15, 0.2) is 35.3 Å². The van der Waals surface area contributed by atoms with E-state index in [-0.39, 0.29) is 45.0 Å². The predicted octanol–water partition coefficient (Wildman–Crippen LogP) is 1.59. The molecule has 0 saturated carbocycles. The summed E-state index contributed by atoms with van der Waals surface area (Å²) in [5, 5.41) is 17.4. The van der Waals surface area contributed by atoms with Crippen LogP contribution in [-0.2, 0) is 30.5 Å². The molecule has 15 nitrogen and oxygen atoms in total. The molecule has 2 rings (SSSR count). The van der Waals surface area contributed by atoms with Crippen LogP contribution in [0, 0.1) is 0 Å². The topological polar surface area (TPSA) is 228 Å². The Morgan fingerprint density at radius 2 is 1.69 bits per heavy atom. The molecule has 0 aliphatic carbocycles. The van der Waals surface area contributed by atoms with Crippen LogP contribution < -0.4 is 27.4 Å².